The van der Waals surface area contributed by atoms with Gasteiger partial charge >= 0.3 is 0 Å². The molecular weight excluding hydrogens is 360 g/mol. The number of halogens is 1. The van der Waals surface area contributed by atoms with Crippen molar-refractivity contribution in [3.8, 4) is 5.75 Å². The highest BCUT2D eigenvalue weighted by Gasteiger charge is 2.16. The number of benzene rings is 2. The van der Waals surface area contributed by atoms with Crippen molar-refractivity contribution in [2.24, 2.45) is 5.92 Å². The van der Waals surface area contributed by atoms with Crippen LogP contribution in [-0.2, 0) is 6.54 Å². The van der Waals surface area contributed by atoms with Crippen molar-refractivity contribution < 1.29 is 9.53 Å². The lowest BCUT2D eigenvalue weighted by molar-refractivity contribution is 0.0947. The van der Waals surface area contributed by atoms with E-state index in [1.807, 2.05) is 24.3 Å². The van der Waals surface area contributed by atoms with E-state index in [4.69, 9.17) is 16.3 Å². The second kappa shape index (κ2) is 9.77. The lowest BCUT2D eigenvalue weighted by Gasteiger charge is -2.30. The SMILES string of the molecule is CC1CCCN(Cc2ccc(C(=O)NCCOc3ccc(Cl)cc3)cc2)C1. The minimum atomic E-state index is -0.0761. The standard InChI is InChI=1S/C22H27ClN2O2/c1-17-3-2-13-25(15-17)16-18-4-6-19(7-5-18)22(26)24-12-14-27-21-10-8-20(23)9-11-21/h4-11,17H,2-3,12-16H2,1H3,(H,24,26). The van der Waals surface area contributed by atoms with Crippen LogP contribution < -0.4 is 10.1 Å². The Kier molecular flexibility index (Phi) is 7.13. The average molecular weight is 387 g/mol. The summed E-state index contributed by atoms with van der Waals surface area (Å²) in [6.45, 7) is 6.47. The molecule has 0 spiro atoms. The molecule has 0 bridgehead atoms. The van der Waals surface area contributed by atoms with E-state index in [0.29, 0.717) is 23.7 Å². The van der Waals surface area contributed by atoms with Crippen LogP contribution in [0.5, 0.6) is 5.75 Å². The van der Waals surface area contributed by atoms with Crippen LogP contribution in [0, 0.1) is 5.92 Å². The molecule has 0 aromatic heterocycles. The second-order valence-corrected chi connectivity index (χ2v) is 7.67. The quantitative estimate of drug-likeness (QED) is 0.718. The molecule has 27 heavy (non-hydrogen) atoms. The first kappa shape index (κ1) is 19.7. The molecule has 1 aliphatic heterocycles. The van der Waals surface area contributed by atoms with E-state index in [-0.39, 0.29) is 5.91 Å². The molecule has 1 aliphatic rings. The summed E-state index contributed by atoms with van der Waals surface area (Å²) < 4.78 is 5.58. The second-order valence-electron chi connectivity index (χ2n) is 7.24. The molecule has 1 unspecified atom stereocenters. The molecule has 1 N–H and O–H groups in total. The van der Waals surface area contributed by atoms with E-state index in [1.165, 1.54) is 24.9 Å². The molecule has 1 heterocycles. The van der Waals surface area contributed by atoms with Gasteiger partial charge in [0.1, 0.15) is 12.4 Å². The normalized spacial score (nSPS) is 17.5. The van der Waals surface area contributed by atoms with Gasteiger partial charge in [-0.1, -0.05) is 30.7 Å². The number of likely N-dealkylation sites (tertiary alicyclic amines) is 1. The first-order valence-corrected chi connectivity index (χ1v) is 9.96. The highest BCUT2D eigenvalue weighted by atomic mass is 35.5. The summed E-state index contributed by atoms with van der Waals surface area (Å²) in [6.07, 6.45) is 2.61. The van der Waals surface area contributed by atoms with Crippen molar-refractivity contribution in [1.82, 2.24) is 10.2 Å². The Balaban J connectivity index is 1.41. The molecule has 0 radical (unpaired) electrons. The van der Waals surface area contributed by atoms with Gasteiger partial charge in [-0.25, -0.2) is 0 Å². The van der Waals surface area contributed by atoms with E-state index >= 15 is 0 Å². The molecule has 2 aromatic carbocycles. The van der Waals surface area contributed by atoms with E-state index < -0.39 is 0 Å². The number of hydrogen-bond donors (Lipinski definition) is 1. The zero-order valence-electron chi connectivity index (χ0n) is 15.8. The van der Waals surface area contributed by atoms with Gasteiger partial charge in [-0.15, -0.1) is 0 Å². The van der Waals surface area contributed by atoms with Gasteiger partial charge in [0.25, 0.3) is 5.91 Å². The highest BCUT2D eigenvalue weighted by Crippen LogP contribution is 2.18. The van der Waals surface area contributed by atoms with Crippen LogP contribution >= 0.6 is 11.6 Å². The monoisotopic (exact) mass is 386 g/mol. The van der Waals surface area contributed by atoms with Gasteiger partial charge in [-0.3, -0.25) is 9.69 Å². The highest BCUT2D eigenvalue weighted by molar-refractivity contribution is 6.30. The molecular formula is C22H27ClN2O2. The van der Waals surface area contributed by atoms with Crippen LogP contribution in [0.2, 0.25) is 5.02 Å². The van der Waals surface area contributed by atoms with Gasteiger partial charge < -0.3 is 10.1 Å². The number of nitrogens with one attached hydrogen (secondary N) is 1. The summed E-state index contributed by atoms with van der Waals surface area (Å²) in [6, 6.07) is 15.1. The minimum Gasteiger partial charge on any atom is -0.492 e. The van der Waals surface area contributed by atoms with E-state index in [2.05, 4.69) is 29.3 Å². The topological polar surface area (TPSA) is 41.6 Å². The maximum Gasteiger partial charge on any atom is 0.251 e. The summed E-state index contributed by atoms with van der Waals surface area (Å²) in [5.41, 5.74) is 1.93. The Morgan fingerprint density at radius 3 is 2.63 bits per heavy atom. The molecule has 1 saturated heterocycles. The van der Waals surface area contributed by atoms with Crippen LogP contribution in [-0.4, -0.2) is 37.0 Å². The number of carbonyl (C=O) groups excluding carboxylic acids is 1. The lowest BCUT2D eigenvalue weighted by atomic mass is 9.99. The summed E-state index contributed by atoms with van der Waals surface area (Å²) in [7, 11) is 0. The van der Waals surface area contributed by atoms with Gasteiger partial charge in [-0.2, -0.15) is 0 Å². The third-order valence-electron chi connectivity index (χ3n) is 4.83. The smallest absolute Gasteiger partial charge is 0.251 e. The summed E-state index contributed by atoms with van der Waals surface area (Å²) in [4.78, 5) is 14.7. The van der Waals surface area contributed by atoms with E-state index in [0.717, 1.165) is 24.8 Å². The summed E-state index contributed by atoms with van der Waals surface area (Å²) in [5, 5.41) is 3.56. The number of piperidine rings is 1. The van der Waals surface area contributed by atoms with Crippen LogP contribution in [0.4, 0.5) is 0 Å². The largest absolute Gasteiger partial charge is 0.492 e. The lowest BCUT2D eigenvalue weighted by Crippen LogP contribution is -2.33. The molecule has 1 atom stereocenters. The summed E-state index contributed by atoms with van der Waals surface area (Å²) >= 11 is 5.84. The van der Waals surface area contributed by atoms with Gasteiger partial charge in [-0.05, 0) is 67.3 Å². The van der Waals surface area contributed by atoms with Crippen molar-refractivity contribution in [2.75, 3.05) is 26.2 Å². The number of carbonyl (C=O) groups is 1. The first-order valence-electron chi connectivity index (χ1n) is 9.58. The van der Waals surface area contributed by atoms with Crippen LogP contribution in [0.1, 0.15) is 35.7 Å². The summed E-state index contributed by atoms with van der Waals surface area (Å²) in [5.74, 6) is 1.44. The molecule has 3 rings (SSSR count). The number of hydrogen-bond acceptors (Lipinski definition) is 3. The van der Waals surface area contributed by atoms with Crippen molar-refractivity contribution >= 4 is 17.5 Å². The molecule has 2 aromatic rings. The molecule has 1 amide bonds. The Hall–Kier alpha value is -2.04. The molecule has 4 nitrogen and oxygen atoms in total. The van der Waals surface area contributed by atoms with Crippen molar-refractivity contribution in [3.05, 3.63) is 64.7 Å². The average Bonchev–Trinajstić information content (AvgIpc) is 2.67. The van der Waals surface area contributed by atoms with Crippen molar-refractivity contribution in [1.29, 1.82) is 0 Å². The number of amides is 1. The maximum absolute atomic E-state index is 12.3. The van der Waals surface area contributed by atoms with Gasteiger partial charge in [0.15, 0.2) is 0 Å². The van der Waals surface area contributed by atoms with Crippen LogP contribution in [0.3, 0.4) is 0 Å². The van der Waals surface area contributed by atoms with Crippen LogP contribution in [0.15, 0.2) is 48.5 Å². The fraction of sp³-hybridized carbons (Fsp3) is 0.409. The van der Waals surface area contributed by atoms with Crippen molar-refractivity contribution in [3.63, 3.8) is 0 Å². The zero-order valence-corrected chi connectivity index (χ0v) is 16.5. The molecule has 5 heteroatoms. The Morgan fingerprint density at radius 1 is 1.19 bits per heavy atom. The Labute approximate surface area is 166 Å². The number of nitrogens with zero attached hydrogens (tertiary/aromatic N) is 1. The fourth-order valence-corrected chi connectivity index (χ4v) is 3.54. The maximum atomic E-state index is 12.3. The third-order valence-corrected chi connectivity index (χ3v) is 5.09. The minimum absolute atomic E-state index is 0.0761. The number of rotatable bonds is 7. The molecule has 144 valence electrons. The molecule has 0 aliphatic carbocycles. The fourth-order valence-electron chi connectivity index (χ4n) is 3.42. The third kappa shape index (κ3) is 6.26. The molecule has 1 fully saturated rings. The van der Waals surface area contributed by atoms with E-state index in [9.17, 15) is 4.79 Å². The van der Waals surface area contributed by atoms with Gasteiger partial charge in [0.2, 0.25) is 0 Å². The predicted octanol–water partition coefficient (Wildman–Crippen LogP) is 4.38. The van der Waals surface area contributed by atoms with Crippen LogP contribution in [0.25, 0.3) is 0 Å². The predicted molar refractivity (Wildman–Crippen MR) is 109 cm³/mol. The van der Waals surface area contributed by atoms with Gasteiger partial charge in [0, 0.05) is 23.7 Å². The Morgan fingerprint density at radius 2 is 1.93 bits per heavy atom. The zero-order chi connectivity index (χ0) is 19.1. The first-order chi connectivity index (χ1) is 13.1. The number of ether oxygens (including phenoxy) is 1. The Bertz CT molecular complexity index is 731. The van der Waals surface area contributed by atoms with E-state index in [1.54, 1.807) is 12.1 Å². The van der Waals surface area contributed by atoms with Crippen molar-refractivity contribution in [2.45, 2.75) is 26.3 Å². The molecule has 0 saturated carbocycles. The van der Waals surface area contributed by atoms with Gasteiger partial charge in [0.05, 0.1) is 6.54 Å².